The second-order valence-corrected chi connectivity index (χ2v) is 6.65. The number of nitrogens with zero attached hydrogens (tertiary/aromatic N) is 3. The van der Waals surface area contributed by atoms with Crippen LogP contribution in [-0.2, 0) is 32.2 Å². The Balaban J connectivity index is 0.000000472. The topological polar surface area (TPSA) is 135 Å². The van der Waals surface area contributed by atoms with Gasteiger partial charge in [0.25, 0.3) is 5.56 Å². The average molecular weight is 458 g/mol. The molecule has 0 unspecified atom stereocenters. The summed E-state index contributed by atoms with van der Waals surface area (Å²) in [7, 11) is 0. The molecule has 0 atom stereocenters. The molecule has 2 heterocycles. The lowest BCUT2D eigenvalue weighted by Gasteiger charge is -2.14. The standard InChI is InChI=1S/C9H14N2O.C8H10N2O2.C6H7NO2/c1-5-10-7(3)9(12)11(6-2)8(10)4;1-5-3-7(11)9-6(2)10-8(12)4-5;1-3-9-6(8)5(2)4-7/h3-6H2,1-2H3;1-4H2,(H,9,11)(H,10,12);2-3H2,1H3. The Labute approximate surface area is 192 Å². The maximum absolute atomic E-state index is 11.4. The average Bonchev–Trinajstić information content (AvgIpc) is 2.94. The summed E-state index contributed by atoms with van der Waals surface area (Å²) in [5.74, 6) is -0.785. The first-order valence-electron chi connectivity index (χ1n) is 10.1. The predicted molar refractivity (Wildman–Crippen MR) is 126 cm³/mol. The van der Waals surface area contributed by atoms with Crippen molar-refractivity contribution >= 4 is 30.9 Å². The zero-order valence-electron chi connectivity index (χ0n) is 19.5. The molecule has 1 aliphatic rings. The second-order valence-electron chi connectivity index (χ2n) is 6.65. The Kier molecular flexibility index (Phi) is 12.3. The number of esters is 1. The maximum Gasteiger partial charge on any atom is 0.348 e. The van der Waals surface area contributed by atoms with Crippen LogP contribution in [-0.4, -0.2) is 33.5 Å². The van der Waals surface area contributed by atoms with E-state index in [0.717, 1.165) is 12.0 Å². The number of imidazole rings is 1. The minimum atomic E-state index is -0.639. The Bertz CT molecular complexity index is 1020. The number of hydrogen-bond donors (Lipinski definition) is 2. The molecule has 1 fully saturated rings. The monoisotopic (exact) mass is 457 g/mol. The van der Waals surface area contributed by atoms with E-state index in [1.54, 1.807) is 17.6 Å². The van der Waals surface area contributed by atoms with Crippen molar-refractivity contribution in [1.29, 1.82) is 5.26 Å². The largest absolute Gasteiger partial charge is 0.462 e. The van der Waals surface area contributed by atoms with E-state index in [2.05, 4.69) is 48.3 Å². The van der Waals surface area contributed by atoms with Crippen molar-refractivity contribution in [2.24, 2.45) is 0 Å². The van der Waals surface area contributed by atoms with E-state index in [1.165, 1.54) is 0 Å². The van der Waals surface area contributed by atoms with Gasteiger partial charge in [-0.3, -0.25) is 19.0 Å². The van der Waals surface area contributed by atoms with Crippen LogP contribution in [0, 0.1) is 11.3 Å². The van der Waals surface area contributed by atoms with Gasteiger partial charge in [0.15, 0.2) is 0 Å². The summed E-state index contributed by atoms with van der Waals surface area (Å²) in [5.41, 5.74) is 1.17. The Hall–Kier alpha value is -4.13. The fourth-order valence-electron chi connectivity index (χ4n) is 2.63. The molecule has 178 valence electrons. The summed E-state index contributed by atoms with van der Waals surface area (Å²) < 4.78 is 7.89. The van der Waals surface area contributed by atoms with Crippen LogP contribution in [0.4, 0.5) is 0 Å². The molecule has 0 spiro atoms. The number of carbonyl (C=O) groups is 3. The summed E-state index contributed by atoms with van der Waals surface area (Å²) in [6, 6.07) is 1.58. The number of amides is 2. The van der Waals surface area contributed by atoms with Crippen molar-refractivity contribution in [3.05, 3.63) is 57.9 Å². The van der Waals surface area contributed by atoms with Gasteiger partial charge < -0.3 is 19.9 Å². The highest BCUT2D eigenvalue weighted by atomic mass is 16.5. The van der Waals surface area contributed by atoms with Crippen LogP contribution in [0.2, 0.25) is 0 Å². The quantitative estimate of drug-likeness (QED) is 0.287. The molecule has 0 saturated carbocycles. The molecule has 0 aliphatic carbocycles. The van der Waals surface area contributed by atoms with Crippen LogP contribution < -0.4 is 27.0 Å². The molecule has 0 bridgehead atoms. The van der Waals surface area contributed by atoms with Crippen molar-refractivity contribution in [1.82, 2.24) is 19.8 Å². The van der Waals surface area contributed by atoms with E-state index in [1.807, 2.05) is 18.4 Å². The van der Waals surface area contributed by atoms with E-state index >= 15 is 0 Å². The van der Waals surface area contributed by atoms with Gasteiger partial charge in [0.05, 0.1) is 6.61 Å². The Morgan fingerprint density at radius 3 is 1.82 bits per heavy atom. The lowest BCUT2D eigenvalue weighted by Crippen LogP contribution is -2.37. The molecule has 33 heavy (non-hydrogen) atoms. The lowest BCUT2D eigenvalue weighted by atomic mass is 10.1. The van der Waals surface area contributed by atoms with Gasteiger partial charge in [-0.2, -0.15) is 5.26 Å². The molecule has 2 rings (SSSR count). The van der Waals surface area contributed by atoms with Crippen molar-refractivity contribution in [3.63, 3.8) is 0 Å². The molecular formula is C23H31N5O5. The fraction of sp³-hybridized carbons (Fsp3) is 0.348. The van der Waals surface area contributed by atoms with Gasteiger partial charge in [-0.25, -0.2) is 4.79 Å². The van der Waals surface area contributed by atoms with E-state index < -0.39 is 5.97 Å². The zero-order chi connectivity index (χ0) is 25.7. The third-order valence-electron chi connectivity index (χ3n) is 4.13. The zero-order valence-corrected chi connectivity index (χ0v) is 19.5. The third kappa shape index (κ3) is 9.26. The van der Waals surface area contributed by atoms with Crippen LogP contribution in [0.25, 0.3) is 13.2 Å². The van der Waals surface area contributed by atoms with Gasteiger partial charge >= 0.3 is 5.97 Å². The van der Waals surface area contributed by atoms with E-state index in [-0.39, 0.29) is 48.2 Å². The number of nitrogens with one attached hydrogen (secondary N) is 2. The van der Waals surface area contributed by atoms with E-state index in [4.69, 9.17) is 5.26 Å². The first-order chi connectivity index (χ1) is 15.4. The molecule has 0 radical (unpaired) electrons. The summed E-state index contributed by atoms with van der Waals surface area (Å²) >= 11 is 0. The molecule has 1 aromatic rings. The number of nitriles is 1. The van der Waals surface area contributed by atoms with Crippen LogP contribution >= 0.6 is 0 Å². The minimum Gasteiger partial charge on any atom is -0.462 e. The van der Waals surface area contributed by atoms with Crippen molar-refractivity contribution < 1.29 is 19.1 Å². The van der Waals surface area contributed by atoms with Gasteiger partial charge in [-0.05, 0) is 20.8 Å². The highest BCUT2D eigenvalue weighted by Crippen LogP contribution is 2.06. The SMILES string of the molecule is C=C(C#N)C(=O)OCC.C=C1CC(=O)NC(=C)NC(=O)C1.C=c1c(=O)n(CC)c(=C)n1CC. The second kappa shape index (κ2) is 14.0. The number of rotatable bonds is 4. The first-order valence-corrected chi connectivity index (χ1v) is 10.1. The van der Waals surface area contributed by atoms with Crippen molar-refractivity contribution in [2.75, 3.05) is 6.61 Å². The summed E-state index contributed by atoms with van der Waals surface area (Å²) in [5, 5.41) is 13.4. The van der Waals surface area contributed by atoms with Gasteiger partial charge in [0.1, 0.15) is 28.3 Å². The van der Waals surface area contributed by atoms with Gasteiger partial charge in [0, 0.05) is 25.9 Å². The number of carbonyl (C=O) groups excluding carboxylic acids is 3. The predicted octanol–water partition coefficient (Wildman–Crippen LogP) is 0.179. The highest BCUT2D eigenvalue weighted by molar-refractivity contribution is 5.91. The molecule has 10 nitrogen and oxygen atoms in total. The van der Waals surface area contributed by atoms with Crippen LogP contribution in [0.1, 0.15) is 33.6 Å². The summed E-state index contributed by atoms with van der Waals surface area (Å²) in [6.07, 6.45) is 0.374. The maximum atomic E-state index is 11.4. The highest BCUT2D eigenvalue weighted by Gasteiger charge is 2.14. The summed E-state index contributed by atoms with van der Waals surface area (Å²) in [6.45, 7) is 25.0. The van der Waals surface area contributed by atoms with Crippen molar-refractivity contribution in [3.8, 4) is 6.07 Å². The van der Waals surface area contributed by atoms with Crippen LogP contribution in [0.3, 0.4) is 0 Å². The van der Waals surface area contributed by atoms with Crippen LogP contribution in [0.15, 0.2) is 41.5 Å². The Morgan fingerprint density at radius 1 is 1.00 bits per heavy atom. The smallest absolute Gasteiger partial charge is 0.348 e. The molecule has 10 heteroatoms. The summed E-state index contributed by atoms with van der Waals surface area (Å²) in [4.78, 5) is 43.8. The lowest BCUT2D eigenvalue weighted by molar-refractivity contribution is -0.138. The number of aromatic nitrogens is 2. The first kappa shape index (κ1) is 28.9. The fourth-order valence-corrected chi connectivity index (χ4v) is 2.63. The van der Waals surface area contributed by atoms with E-state index in [0.29, 0.717) is 17.5 Å². The normalized spacial score (nSPS) is 12.9. The molecular weight excluding hydrogens is 426 g/mol. The van der Waals surface area contributed by atoms with Crippen molar-refractivity contribution in [2.45, 2.75) is 46.7 Å². The number of ether oxygens (including phenoxy) is 1. The molecule has 0 aromatic carbocycles. The molecule has 1 aliphatic heterocycles. The van der Waals surface area contributed by atoms with Gasteiger partial charge in [0.2, 0.25) is 11.8 Å². The number of hydrogen-bond acceptors (Lipinski definition) is 6. The Morgan fingerprint density at radius 2 is 1.48 bits per heavy atom. The minimum absolute atomic E-state index is 0.0237. The molecule has 1 aromatic heterocycles. The van der Waals surface area contributed by atoms with Gasteiger partial charge in [-0.1, -0.05) is 38.5 Å². The molecule has 1 saturated heterocycles. The van der Waals surface area contributed by atoms with E-state index in [9.17, 15) is 19.2 Å². The molecule has 2 amide bonds. The van der Waals surface area contributed by atoms with Gasteiger partial charge in [-0.15, -0.1) is 0 Å². The molecule has 2 N–H and O–H groups in total. The van der Waals surface area contributed by atoms with Crippen LogP contribution in [0.5, 0.6) is 0 Å². The third-order valence-corrected chi connectivity index (χ3v) is 4.13.